The summed E-state index contributed by atoms with van der Waals surface area (Å²) >= 11 is 0. The monoisotopic (exact) mass is 571 g/mol. The molecule has 4 aromatic carbocycles. The quantitative estimate of drug-likeness (QED) is 0.0767. The van der Waals surface area contributed by atoms with Crippen molar-refractivity contribution < 1.29 is 28.8 Å². The van der Waals surface area contributed by atoms with Crippen molar-refractivity contribution >= 4 is 45.8 Å². The third-order valence-corrected chi connectivity index (χ3v) is 7.21. The van der Waals surface area contributed by atoms with Crippen LogP contribution in [0.3, 0.4) is 0 Å². The van der Waals surface area contributed by atoms with E-state index in [1.807, 2.05) is 0 Å². The molecule has 0 saturated heterocycles. The second kappa shape index (κ2) is 10.7. The van der Waals surface area contributed by atoms with Crippen molar-refractivity contribution in [3.63, 3.8) is 0 Å². The van der Waals surface area contributed by atoms with Gasteiger partial charge in [0, 0.05) is 28.1 Å². The van der Waals surface area contributed by atoms with Gasteiger partial charge in [0.15, 0.2) is 6.61 Å². The molecule has 43 heavy (non-hydrogen) atoms. The molecule has 0 radical (unpaired) electrons. The molecule has 5 aromatic rings. The fourth-order valence-corrected chi connectivity index (χ4v) is 4.97. The highest BCUT2D eigenvalue weighted by Crippen LogP contribution is 2.31. The van der Waals surface area contributed by atoms with E-state index in [-0.39, 0.29) is 16.8 Å². The molecule has 0 aliphatic carbocycles. The number of aryl methyl sites for hydroxylation is 1. The number of nitrogens with zero attached hydrogens (tertiary/aromatic N) is 3. The van der Waals surface area contributed by atoms with Gasteiger partial charge in [-0.3, -0.25) is 24.5 Å². The Morgan fingerprint density at radius 1 is 0.860 bits per heavy atom. The van der Waals surface area contributed by atoms with Crippen molar-refractivity contribution in [3.05, 3.63) is 135 Å². The van der Waals surface area contributed by atoms with E-state index in [4.69, 9.17) is 4.74 Å². The summed E-state index contributed by atoms with van der Waals surface area (Å²) in [5, 5.41) is 11.8. The van der Waals surface area contributed by atoms with E-state index in [1.165, 1.54) is 12.1 Å². The molecule has 6 rings (SSSR count). The van der Waals surface area contributed by atoms with Gasteiger partial charge in [-0.2, -0.15) is 0 Å². The van der Waals surface area contributed by atoms with E-state index in [0.717, 1.165) is 11.0 Å². The standard InChI is InChI=1S/C33H21N3O7/c1-19-10-11-21(16-29(19)36(41)42)30(37)18-43-33(40)26-17-28(34-27-9-5-4-6-23(26)27)20-12-14-22(15-13-20)35-31(38)24-7-2-3-8-25(24)32(35)39/h2-17H,18H2,1H3. The van der Waals surface area contributed by atoms with Crippen LogP contribution in [0, 0.1) is 17.0 Å². The number of para-hydroxylation sites is 1. The molecule has 1 aromatic heterocycles. The SMILES string of the molecule is Cc1ccc(C(=O)COC(=O)c2cc(-c3ccc(N4C(=O)c5ccccc5C4=O)cc3)nc3ccccc23)cc1[N+](=O)[O-]. The van der Waals surface area contributed by atoms with Gasteiger partial charge in [0.1, 0.15) is 0 Å². The van der Waals surface area contributed by atoms with Crippen molar-refractivity contribution in [1.82, 2.24) is 4.98 Å². The molecular weight excluding hydrogens is 550 g/mol. The van der Waals surface area contributed by atoms with Crippen molar-refractivity contribution in [2.24, 2.45) is 0 Å². The average Bonchev–Trinajstić information content (AvgIpc) is 3.28. The molecule has 210 valence electrons. The zero-order valence-electron chi connectivity index (χ0n) is 22.6. The van der Waals surface area contributed by atoms with Crippen LogP contribution in [0.1, 0.15) is 47.0 Å². The Morgan fingerprint density at radius 2 is 1.51 bits per heavy atom. The van der Waals surface area contributed by atoms with Gasteiger partial charge in [0.2, 0.25) is 5.78 Å². The summed E-state index contributed by atoms with van der Waals surface area (Å²) < 4.78 is 5.35. The summed E-state index contributed by atoms with van der Waals surface area (Å²) in [5.74, 6) is -2.16. The number of hydrogen-bond donors (Lipinski definition) is 0. The number of Topliss-reactive ketones (excluding diaryl/α,β-unsaturated/α-hetero) is 1. The Hall–Kier alpha value is -6.03. The number of benzene rings is 4. The lowest BCUT2D eigenvalue weighted by atomic mass is 10.0. The molecule has 1 aliphatic rings. The number of carbonyl (C=O) groups excluding carboxylic acids is 4. The van der Waals surface area contributed by atoms with Crippen LogP contribution in [0.25, 0.3) is 22.2 Å². The first kappa shape index (κ1) is 27.2. The number of hydrogen-bond acceptors (Lipinski definition) is 8. The zero-order chi connectivity index (χ0) is 30.2. The number of ketones is 1. The fraction of sp³-hybridized carbons (Fsp3) is 0.0606. The van der Waals surface area contributed by atoms with Crippen molar-refractivity contribution in [3.8, 4) is 11.3 Å². The van der Waals surface area contributed by atoms with Gasteiger partial charge in [-0.05, 0) is 43.3 Å². The summed E-state index contributed by atoms with van der Waals surface area (Å²) in [4.78, 5) is 68.2. The molecule has 10 nitrogen and oxygen atoms in total. The highest BCUT2D eigenvalue weighted by atomic mass is 16.6. The summed E-state index contributed by atoms with van der Waals surface area (Å²) in [6.07, 6.45) is 0. The van der Waals surface area contributed by atoms with Gasteiger partial charge in [0.25, 0.3) is 17.5 Å². The number of anilines is 1. The fourth-order valence-electron chi connectivity index (χ4n) is 4.97. The van der Waals surface area contributed by atoms with Crippen LogP contribution in [0.15, 0.2) is 97.1 Å². The van der Waals surface area contributed by atoms with E-state index in [9.17, 15) is 29.3 Å². The highest BCUT2D eigenvalue weighted by molar-refractivity contribution is 6.34. The second-order valence-corrected chi connectivity index (χ2v) is 9.87. The minimum Gasteiger partial charge on any atom is -0.454 e. The normalized spacial score (nSPS) is 12.3. The largest absolute Gasteiger partial charge is 0.454 e. The maximum atomic E-state index is 13.2. The number of esters is 1. The van der Waals surface area contributed by atoms with E-state index in [0.29, 0.717) is 44.5 Å². The van der Waals surface area contributed by atoms with Gasteiger partial charge in [-0.25, -0.2) is 14.7 Å². The third-order valence-electron chi connectivity index (χ3n) is 7.21. The van der Waals surface area contributed by atoms with E-state index < -0.39 is 35.1 Å². The predicted octanol–water partition coefficient (Wildman–Crippen LogP) is 5.96. The number of rotatable bonds is 7. The predicted molar refractivity (Wildman–Crippen MR) is 157 cm³/mol. The number of amides is 2. The minimum atomic E-state index is -0.766. The third kappa shape index (κ3) is 4.91. The lowest BCUT2D eigenvalue weighted by Crippen LogP contribution is -2.29. The molecule has 0 bridgehead atoms. The van der Waals surface area contributed by atoms with E-state index in [1.54, 1.807) is 85.8 Å². The summed E-state index contributed by atoms with van der Waals surface area (Å²) in [7, 11) is 0. The average molecular weight is 572 g/mol. The molecule has 0 fully saturated rings. The van der Waals surface area contributed by atoms with Crippen LogP contribution in [-0.2, 0) is 4.74 Å². The van der Waals surface area contributed by atoms with Crippen LogP contribution >= 0.6 is 0 Å². The summed E-state index contributed by atoms with van der Waals surface area (Å²) in [6.45, 7) is 0.955. The number of imide groups is 1. The highest BCUT2D eigenvalue weighted by Gasteiger charge is 2.36. The van der Waals surface area contributed by atoms with Crippen LogP contribution in [-0.4, -0.2) is 40.1 Å². The zero-order valence-corrected chi connectivity index (χ0v) is 22.6. The molecule has 2 amide bonds. The van der Waals surface area contributed by atoms with Crippen LogP contribution in [0.4, 0.5) is 11.4 Å². The Labute approximate surface area is 244 Å². The number of fused-ring (bicyclic) bond motifs is 2. The molecule has 1 aliphatic heterocycles. The Kier molecular flexibility index (Phi) is 6.79. The maximum absolute atomic E-state index is 13.2. The Bertz CT molecular complexity index is 1970. The molecule has 0 spiro atoms. The minimum absolute atomic E-state index is 0.0588. The van der Waals surface area contributed by atoms with Crippen LogP contribution in [0.5, 0.6) is 0 Å². The number of ether oxygens (including phenoxy) is 1. The Balaban J connectivity index is 1.26. The number of nitro benzene ring substituents is 1. The Morgan fingerprint density at radius 3 is 2.19 bits per heavy atom. The molecule has 0 N–H and O–H groups in total. The molecule has 0 saturated carbocycles. The first-order valence-electron chi connectivity index (χ1n) is 13.2. The number of carbonyl (C=O) groups is 4. The van der Waals surface area contributed by atoms with Crippen molar-refractivity contribution in [2.75, 3.05) is 11.5 Å². The molecule has 0 atom stereocenters. The maximum Gasteiger partial charge on any atom is 0.339 e. The van der Waals surface area contributed by atoms with Gasteiger partial charge in [-0.1, -0.05) is 54.6 Å². The molecule has 2 heterocycles. The lowest BCUT2D eigenvalue weighted by Gasteiger charge is -2.15. The van der Waals surface area contributed by atoms with Crippen LogP contribution < -0.4 is 4.90 Å². The number of aromatic nitrogens is 1. The van der Waals surface area contributed by atoms with Gasteiger partial charge < -0.3 is 4.74 Å². The summed E-state index contributed by atoms with van der Waals surface area (Å²) in [6, 6.07) is 25.9. The molecule has 10 heteroatoms. The van der Waals surface area contributed by atoms with Crippen LogP contribution in [0.2, 0.25) is 0 Å². The van der Waals surface area contributed by atoms with Gasteiger partial charge in [-0.15, -0.1) is 0 Å². The number of nitro groups is 1. The number of pyridine rings is 1. The second-order valence-electron chi connectivity index (χ2n) is 9.87. The van der Waals surface area contributed by atoms with Crippen molar-refractivity contribution in [1.29, 1.82) is 0 Å². The first-order valence-corrected chi connectivity index (χ1v) is 13.2. The lowest BCUT2D eigenvalue weighted by molar-refractivity contribution is -0.385. The smallest absolute Gasteiger partial charge is 0.339 e. The van der Waals surface area contributed by atoms with Gasteiger partial charge in [0.05, 0.1) is 38.5 Å². The van der Waals surface area contributed by atoms with Crippen molar-refractivity contribution in [2.45, 2.75) is 6.92 Å². The summed E-state index contributed by atoms with van der Waals surface area (Å²) in [5.41, 5.74) is 3.08. The molecule has 0 unspecified atom stereocenters. The topological polar surface area (TPSA) is 137 Å². The van der Waals surface area contributed by atoms with Gasteiger partial charge >= 0.3 is 5.97 Å². The van der Waals surface area contributed by atoms with E-state index >= 15 is 0 Å². The van der Waals surface area contributed by atoms with E-state index in [2.05, 4.69) is 4.98 Å². The first-order chi connectivity index (χ1) is 20.7. The molecular formula is C33H21N3O7.